The summed E-state index contributed by atoms with van der Waals surface area (Å²) in [7, 11) is 0. The first-order valence-electron chi connectivity index (χ1n) is 6.86. The first-order chi connectivity index (χ1) is 9.56. The van der Waals surface area contributed by atoms with Crippen LogP contribution < -0.4 is 0 Å². The van der Waals surface area contributed by atoms with E-state index in [0.29, 0.717) is 21.8 Å². The summed E-state index contributed by atoms with van der Waals surface area (Å²) in [6, 6.07) is 8.03. The Hall–Kier alpha value is -1.12. The zero-order valence-electron chi connectivity index (χ0n) is 12.0. The molecule has 0 atom stereocenters. The molecule has 0 unspecified atom stereocenters. The van der Waals surface area contributed by atoms with E-state index in [0.717, 1.165) is 24.2 Å². The van der Waals surface area contributed by atoms with Gasteiger partial charge in [-0.1, -0.05) is 66.9 Å². The van der Waals surface area contributed by atoms with Crippen molar-refractivity contribution in [2.75, 3.05) is 0 Å². The summed E-state index contributed by atoms with van der Waals surface area (Å²) in [6.45, 7) is 6.28. The van der Waals surface area contributed by atoms with Crippen LogP contribution in [-0.4, -0.2) is 9.97 Å². The topological polar surface area (TPSA) is 25.8 Å². The summed E-state index contributed by atoms with van der Waals surface area (Å²) in [5.74, 6) is 1.04. The second-order valence-corrected chi connectivity index (χ2v) is 5.63. The maximum atomic E-state index is 6.33. The monoisotopic (exact) mass is 308 g/mol. The van der Waals surface area contributed by atoms with E-state index < -0.39 is 0 Å². The lowest BCUT2D eigenvalue weighted by Gasteiger charge is -2.14. The van der Waals surface area contributed by atoms with Gasteiger partial charge in [-0.3, -0.25) is 0 Å². The molecular weight excluding hydrogens is 291 g/mol. The normalized spacial score (nSPS) is 11.1. The molecule has 0 aliphatic rings. The highest BCUT2D eigenvalue weighted by Crippen LogP contribution is 2.34. The number of nitrogens with zero attached hydrogens (tertiary/aromatic N) is 2. The van der Waals surface area contributed by atoms with Gasteiger partial charge in [0.25, 0.3) is 0 Å². The Morgan fingerprint density at radius 1 is 0.950 bits per heavy atom. The van der Waals surface area contributed by atoms with Crippen LogP contribution in [0.25, 0.3) is 11.1 Å². The van der Waals surface area contributed by atoms with Crippen LogP contribution in [0.2, 0.25) is 10.3 Å². The number of hydrogen-bond donors (Lipinski definition) is 0. The van der Waals surface area contributed by atoms with Crippen LogP contribution in [0.3, 0.4) is 0 Å². The number of rotatable bonds is 4. The van der Waals surface area contributed by atoms with E-state index in [2.05, 4.69) is 23.8 Å². The van der Waals surface area contributed by atoms with Crippen molar-refractivity contribution >= 4 is 23.2 Å². The smallest absolute Gasteiger partial charge is 0.142 e. The van der Waals surface area contributed by atoms with E-state index in [1.54, 1.807) is 0 Å². The van der Waals surface area contributed by atoms with E-state index in [-0.39, 0.29) is 0 Å². The fourth-order valence-corrected chi connectivity index (χ4v) is 2.84. The van der Waals surface area contributed by atoms with E-state index >= 15 is 0 Å². The Bertz CT molecular complexity index is 567. The molecular formula is C16H18Cl2N2. The lowest BCUT2D eigenvalue weighted by Crippen LogP contribution is -2.04. The minimum Gasteiger partial charge on any atom is -0.220 e. The maximum absolute atomic E-state index is 6.33. The van der Waals surface area contributed by atoms with E-state index in [4.69, 9.17) is 23.2 Å². The SMILES string of the molecule is CCC(CC)c1nc(Cl)c(-c2ccc(C)cc2)c(Cl)n1. The Balaban J connectivity index is 2.48. The molecule has 0 fully saturated rings. The number of halogens is 2. The van der Waals surface area contributed by atoms with Gasteiger partial charge in [0.2, 0.25) is 0 Å². The highest BCUT2D eigenvalue weighted by atomic mass is 35.5. The lowest BCUT2D eigenvalue weighted by molar-refractivity contribution is 0.602. The second-order valence-electron chi connectivity index (χ2n) is 4.92. The van der Waals surface area contributed by atoms with Crippen molar-refractivity contribution < 1.29 is 0 Å². The first-order valence-corrected chi connectivity index (χ1v) is 7.62. The highest BCUT2D eigenvalue weighted by molar-refractivity contribution is 6.37. The van der Waals surface area contributed by atoms with Crippen LogP contribution in [0, 0.1) is 6.92 Å². The quantitative estimate of drug-likeness (QED) is 0.681. The summed E-state index contributed by atoms with van der Waals surface area (Å²) in [6.07, 6.45) is 1.96. The number of benzene rings is 1. The van der Waals surface area contributed by atoms with Gasteiger partial charge in [-0.2, -0.15) is 0 Å². The van der Waals surface area contributed by atoms with Crippen LogP contribution in [0.1, 0.15) is 44.0 Å². The van der Waals surface area contributed by atoms with Crippen molar-refractivity contribution in [3.05, 3.63) is 46.0 Å². The molecule has 0 N–H and O–H groups in total. The molecule has 0 saturated carbocycles. The minimum atomic E-state index is 0.303. The molecule has 1 heterocycles. The molecule has 2 rings (SSSR count). The van der Waals surface area contributed by atoms with Crippen LogP contribution in [0.15, 0.2) is 24.3 Å². The summed E-state index contributed by atoms with van der Waals surface area (Å²) < 4.78 is 0. The summed E-state index contributed by atoms with van der Waals surface area (Å²) >= 11 is 12.7. The Morgan fingerprint density at radius 2 is 1.45 bits per heavy atom. The van der Waals surface area contributed by atoms with E-state index in [1.165, 1.54) is 5.56 Å². The molecule has 0 aliphatic carbocycles. The molecule has 0 amide bonds. The van der Waals surface area contributed by atoms with Crippen molar-refractivity contribution in [3.8, 4) is 11.1 Å². The molecule has 0 spiro atoms. The Labute approximate surface area is 130 Å². The average molecular weight is 309 g/mol. The largest absolute Gasteiger partial charge is 0.220 e. The molecule has 1 aromatic carbocycles. The maximum Gasteiger partial charge on any atom is 0.142 e. The summed E-state index contributed by atoms with van der Waals surface area (Å²) in [5, 5.41) is 0.853. The zero-order chi connectivity index (χ0) is 14.7. The van der Waals surface area contributed by atoms with Crippen molar-refractivity contribution in [2.45, 2.75) is 39.5 Å². The summed E-state index contributed by atoms with van der Waals surface area (Å²) in [4.78, 5) is 8.89. The molecule has 2 aromatic rings. The van der Waals surface area contributed by atoms with Crippen molar-refractivity contribution in [3.63, 3.8) is 0 Å². The molecule has 0 bridgehead atoms. The van der Waals surface area contributed by atoms with Gasteiger partial charge in [-0.05, 0) is 25.3 Å². The van der Waals surface area contributed by atoms with Gasteiger partial charge < -0.3 is 0 Å². The molecule has 1 aromatic heterocycles. The molecule has 0 aliphatic heterocycles. The molecule has 2 nitrogen and oxygen atoms in total. The number of hydrogen-bond acceptors (Lipinski definition) is 2. The fraction of sp³-hybridized carbons (Fsp3) is 0.375. The van der Waals surface area contributed by atoms with Crippen molar-refractivity contribution in [1.82, 2.24) is 9.97 Å². The van der Waals surface area contributed by atoms with Crippen LogP contribution >= 0.6 is 23.2 Å². The third kappa shape index (κ3) is 3.13. The number of aryl methyl sites for hydroxylation is 1. The van der Waals surface area contributed by atoms with E-state index in [1.807, 2.05) is 31.2 Å². The minimum absolute atomic E-state index is 0.303. The van der Waals surface area contributed by atoms with Crippen LogP contribution in [0.5, 0.6) is 0 Å². The molecule has 0 radical (unpaired) electrons. The Morgan fingerprint density at radius 3 is 1.90 bits per heavy atom. The molecule has 4 heteroatoms. The van der Waals surface area contributed by atoms with Gasteiger partial charge in [0.15, 0.2) is 0 Å². The second kappa shape index (κ2) is 6.55. The Kier molecular flexibility index (Phi) is 5.00. The van der Waals surface area contributed by atoms with Gasteiger partial charge in [-0.15, -0.1) is 0 Å². The van der Waals surface area contributed by atoms with Crippen LogP contribution in [0.4, 0.5) is 0 Å². The van der Waals surface area contributed by atoms with Crippen molar-refractivity contribution in [1.29, 1.82) is 0 Å². The summed E-state index contributed by atoms with van der Waals surface area (Å²) in [5.41, 5.74) is 2.85. The van der Waals surface area contributed by atoms with Gasteiger partial charge in [0.05, 0.1) is 5.56 Å². The predicted octanol–water partition coefficient (Wildman–Crippen LogP) is 5.66. The molecule has 106 valence electrons. The standard InChI is InChI=1S/C16H18Cl2N2/c1-4-11(5-2)16-19-14(17)13(15(18)20-16)12-8-6-10(3)7-9-12/h6-9,11H,4-5H2,1-3H3. The number of aromatic nitrogens is 2. The van der Waals surface area contributed by atoms with Gasteiger partial charge >= 0.3 is 0 Å². The lowest BCUT2D eigenvalue weighted by atomic mass is 10.0. The van der Waals surface area contributed by atoms with Crippen molar-refractivity contribution in [2.24, 2.45) is 0 Å². The zero-order valence-corrected chi connectivity index (χ0v) is 13.5. The third-order valence-corrected chi connectivity index (χ3v) is 4.08. The van der Waals surface area contributed by atoms with Gasteiger partial charge in [-0.25, -0.2) is 9.97 Å². The molecule has 20 heavy (non-hydrogen) atoms. The third-order valence-electron chi connectivity index (χ3n) is 3.53. The first kappa shape index (κ1) is 15.3. The molecule has 0 saturated heterocycles. The average Bonchev–Trinajstić information content (AvgIpc) is 2.41. The fourth-order valence-electron chi connectivity index (χ4n) is 2.22. The van der Waals surface area contributed by atoms with Crippen LogP contribution in [-0.2, 0) is 0 Å². The predicted molar refractivity (Wildman–Crippen MR) is 85.5 cm³/mol. The highest BCUT2D eigenvalue weighted by Gasteiger charge is 2.17. The van der Waals surface area contributed by atoms with E-state index in [9.17, 15) is 0 Å². The van der Waals surface area contributed by atoms with Gasteiger partial charge in [0.1, 0.15) is 16.1 Å². The van der Waals surface area contributed by atoms with Gasteiger partial charge in [0, 0.05) is 5.92 Å².